The van der Waals surface area contributed by atoms with E-state index >= 15 is 0 Å². The van der Waals surface area contributed by atoms with Gasteiger partial charge in [0.15, 0.2) is 0 Å². The van der Waals surface area contributed by atoms with Crippen LogP contribution in [0.25, 0.3) is 11.5 Å². The van der Waals surface area contributed by atoms with Gasteiger partial charge in [0, 0.05) is 24.8 Å². The van der Waals surface area contributed by atoms with E-state index in [2.05, 4.69) is 44.4 Å². The molecular weight excluding hydrogens is 319 g/mol. The number of aromatic amines is 1. The first-order valence-electron chi connectivity index (χ1n) is 8.34. The molecule has 4 rings (SSSR count). The lowest BCUT2D eigenvalue weighted by Gasteiger charge is -2.40. The maximum absolute atomic E-state index is 13.5. The summed E-state index contributed by atoms with van der Waals surface area (Å²) in [5, 5.41) is 14.0. The van der Waals surface area contributed by atoms with E-state index in [1.807, 2.05) is 18.2 Å². The Kier molecular flexibility index (Phi) is 4.01. The summed E-state index contributed by atoms with van der Waals surface area (Å²) in [6.07, 6.45) is 2.61. The Hall–Kier alpha value is -2.67. The van der Waals surface area contributed by atoms with Crippen LogP contribution in [0.3, 0.4) is 0 Å². The van der Waals surface area contributed by atoms with Crippen molar-refractivity contribution in [2.24, 2.45) is 0 Å². The number of pyridine rings is 1. The first-order valence-corrected chi connectivity index (χ1v) is 8.34. The van der Waals surface area contributed by atoms with E-state index in [9.17, 15) is 4.39 Å². The quantitative estimate of drug-likeness (QED) is 0.795. The molecule has 1 aliphatic rings. The zero-order chi connectivity index (χ0) is 17.4. The van der Waals surface area contributed by atoms with Gasteiger partial charge in [-0.15, -0.1) is 10.2 Å². The van der Waals surface area contributed by atoms with Crippen LogP contribution in [0.1, 0.15) is 36.6 Å². The number of benzene rings is 1. The predicted molar refractivity (Wildman–Crippen MR) is 90.9 cm³/mol. The van der Waals surface area contributed by atoms with Crippen molar-refractivity contribution >= 4 is 0 Å². The Bertz CT molecular complexity index is 879. The highest BCUT2D eigenvalue weighted by Gasteiger charge is 2.29. The molecule has 0 amide bonds. The van der Waals surface area contributed by atoms with Gasteiger partial charge >= 0.3 is 0 Å². The summed E-state index contributed by atoms with van der Waals surface area (Å²) >= 11 is 0. The van der Waals surface area contributed by atoms with Crippen LogP contribution >= 0.6 is 0 Å². The topological polar surface area (TPSA) is 70.6 Å². The highest BCUT2D eigenvalue weighted by Crippen LogP contribution is 2.34. The Morgan fingerprint density at radius 2 is 2.12 bits per heavy atom. The molecule has 1 N–H and O–H groups in total. The highest BCUT2D eigenvalue weighted by molar-refractivity contribution is 5.48. The lowest BCUT2D eigenvalue weighted by molar-refractivity contribution is 0.129. The predicted octanol–water partition coefficient (Wildman–Crippen LogP) is 2.91. The Labute approximate surface area is 145 Å². The van der Waals surface area contributed by atoms with Gasteiger partial charge < -0.3 is 0 Å². The summed E-state index contributed by atoms with van der Waals surface area (Å²) in [5.41, 5.74) is 4.15. The molecule has 128 valence electrons. The second kappa shape index (κ2) is 6.33. The zero-order valence-electron chi connectivity index (χ0n) is 14.1. The van der Waals surface area contributed by atoms with E-state index in [4.69, 9.17) is 0 Å². The molecule has 2 atom stereocenters. The van der Waals surface area contributed by atoms with Gasteiger partial charge in [0.1, 0.15) is 11.5 Å². The van der Waals surface area contributed by atoms with Crippen molar-refractivity contribution < 1.29 is 4.39 Å². The second-order valence-corrected chi connectivity index (χ2v) is 6.53. The maximum Gasteiger partial charge on any atom is 0.222 e. The van der Waals surface area contributed by atoms with E-state index in [0.717, 1.165) is 24.1 Å². The summed E-state index contributed by atoms with van der Waals surface area (Å²) in [4.78, 5) is 6.74. The molecule has 1 aliphatic heterocycles. The summed E-state index contributed by atoms with van der Waals surface area (Å²) in [6.45, 7) is 5.14. The van der Waals surface area contributed by atoms with Gasteiger partial charge in [-0.3, -0.25) is 9.88 Å². The molecule has 2 aromatic heterocycles. The molecule has 0 saturated heterocycles. The molecule has 7 heteroatoms. The normalized spacial score (nSPS) is 20.4. The van der Waals surface area contributed by atoms with Crippen molar-refractivity contribution in [1.29, 1.82) is 0 Å². The zero-order valence-corrected chi connectivity index (χ0v) is 14.1. The number of tetrazole rings is 1. The van der Waals surface area contributed by atoms with Gasteiger partial charge in [-0.25, -0.2) is 4.39 Å². The van der Waals surface area contributed by atoms with Gasteiger partial charge in [-0.2, -0.15) is 5.21 Å². The molecule has 0 radical (unpaired) electrons. The Morgan fingerprint density at radius 3 is 2.92 bits per heavy atom. The summed E-state index contributed by atoms with van der Waals surface area (Å²) in [7, 11) is 0. The molecule has 0 bridgehead atoms. The fourth-order valence-corrected chi connectivity index (χ4v) is 3.62. The van der Waals surface area contributed by atoms with Crippen molar-refractivity contribution in [2.45, 2.75) is 38.9 Å². The van der Waals surface area contributed by atoms with Crippen LogP contribution in [0.15, 0.2) is 36.5 Å². The molecule has 2 unspecified atom stereocenters. The van der Waals surface area contributed by atoms with E-state index in [-0.39, 0.29) is 11.9 Å². The van der Waals surface area contributed by atoms with Gasteiger partial charge in [-0.1, -0.05) is 6.07 Å². The maximum atomic E-state index is 13.5. The number of fused-ring (bicyclic) bond motifs is 1. The fourth-order valence-electron chi connectivity index (χ4n) is 3.62. The molecule has 3 aromatic rings. The number of hydrogen-bond donors (Lipinski definition) is 1. The van der Waals surface area contributed by atoms with E-state index < -0.39 is 0 Å². The molecule has 0 fully saturated rings. The number of rotatable bonds is 3. The Morgan fingerprint density at radius 1 is 1.24 bits per heavy atom. The van der Waals surface area contributed by atoms with Crippen LogP contribution in [-0.2, 0) is 13.0 Å². The molecule has 0 spiro atoms. The summed E-state index contributed by atoms with van der Waals surface area (Å²) < 4.78 is 13.5. The van der Waals surface area contributed by atoms with Gasteiger partial charge in [0.05, 0.1) is 0 Å². The van der Waals surface area contributed by atoms with Crippen molar-refractivity contribution in [3.05, 3.63) is 59.0 Å². The standard InChI is InChI=1S/C18H19FN6/c1-11-7-14-9-15(19)3-4-16(14)12(2)25(11)10-13-5-6-20-17(8-13)18-21-23-24-22-18/h3-6,8-9,11-12H,7,10H2,1-2H3,(H,21,22,23,24). The minimum atomic E-state index is -0.162. The average molecular weight is 338 g/mol. The first kappa shape index (κ1) is 15.8. The van der Waals surface area contributed by atoms with Crippen LogP contribution in [0.2, 0.25) is 0 Å². The molecule has 3 heterocycles. The van der Waals surface area contributed by atoms with E-state index in [0.29, 0.717) is 17.6 Å². The third-order valence-electron chi connectivity index (χ3n) is 4.90. The molecule has 6 nitrogen and oxygen atoms in total. The summed E-state index contributed by atoms with van der Waals surface area (Å²) in [5.74, 6) is 0.327. The second-order valence-electron chi connectivity index (χ2n) is 6.53. The van der Waals surface area contributed by atoms with E-state index in [1.165, 1.54) is 5.56 Å². The van der Waals surface area contributed by atoms with Crippen LogP contribution < -0.4 is 0 Å². The van der Waals surface area contributed by atoms with Crippen LogP contribution in [0, 0.1) is 5.82 Å². The van der Waals surface area contributed by atoms with Crippen molar-refractivity contribution in [1.82, 2.24) is 30.5 Å². The lowest BCUT2D eigenvalue weighted by atomic mass is 9.89. The number of hydrogen-bond acceptors (Lipinski definition) is 5. The van der Waals surface area contributed by atoms with Crippen molar-refractivity contribution in [3.8, 4) is 11.5 Å². The van der Waals surface area contributed by atoms with Crippen LogP contribution in [-0.4, -0.2) is 36.5 Å². The largest absolute Gasteiger partial charge is 0.289 e. The lowest BCUT2D eigenvalue weighted by Crippen LogP contribution is -2.40. The van der Waals surface area contributed by atoms with Crippen LogP contribution in [0.5, 0.6) is 0 Å². The molecule has 25 heavy (non-hydrogen) atoms. The van der Waals surface area contributed by atoms with E-state index in [1.54, 1.807) is 18.3 Å². The highest BCUT2D eigenvalue weighted by atomic mass is 19.1. The number of halogens is 1. The van der Waals surface area contributed by atoms with Gasteiger partial charge in [0.2, 0.25) is 5.82 Å². The molecule has 0 aliphatic carbocycles. The fraction of sp³-hybridized carbons (Fsp3) is 0.333. The minimum absolute atomic E-state index is 0.162. The van der Waals surface area contributed by atoms with Gasteiger partial charge in [-0.05, 0) is 66.4 Å². The number of nitrogens with zero attached hydrogens (tertiary/aromatic N) is 5. The summed E-state index contributed by atoms with van der Waals surface area (Å²) in [6, 6.07) is 9.66. The molecular formula is C18H19FN6. The monoisotopic (exact) mass is 338 g/mol. The molecule has 0 saturated carbocycles. The number of nitrogens with one attached hydrogen (secondary N) is 1. The third-order valence-corrected chi connectivity index (χ3v) is 4.90. The smallest absolute Gasteiger partial charge is 0.222 e. The van der Waals surface area contributed by atoms with Gasteiger partial charge in [0.25, 0.3) is 0 Å². The number of H-pyrrole nitrogens is 1. The first-order chi connectivity index (χ1) is 12.1. The third kappa shape index (κ3) is 3.02. The Balaban J connectivity index is 1.60. The van der Waals surface area contributed by atoms with Crippen molar-refractivity contribution in [2.75, 3.05) is 0 Å². The minimum Gasteiger partial charge on any atom is -0.289 e. The number of aromatic nitrogens is 5. The van der Waals surface area contributed by atoms with Crippen molar-refractivity contribution in [3.63, 3.8) is 0 Å². The average Bonchev–Trinajstić information content (AvgIpc) is 3.13. The SMILES string of the molecule is CC1Cc2cc(F)ccc2C(C)N1Cc1ccnc(-c2nn[nH]n2)c1. The van der Waals surface area contributed by atoms with Crippen LogP contribution in [0.4, 0.5) is 4.39 Å². The molecule has 1 aromatic carbocycles.